The number of amides is 1. The summed E-state index contributed by atoms with van der Waals surface area (Å²) in [7, 11) is -3.60. The molecular weight excluding hydrogens is 256 g/mol. The number of aliphatic hydroxyl groups excluding tert-OH is 1. The number of carbonyl (C=O) groups is 1. The zero-order valence-corrected chi connectivity index (χ0v) is 12.3. The molecule has 1 aliphatic heterocycles. The summed E-state index contributed by atoms with van der Waals surface area (Å²) in [6.45, 7) is 8.62. The number of hydrogen-bond acceptors (Lipinski definition) is 5. The molecule has 1 heterocycles. The molecule has 0 aromatic heterocycles. The van der Waals surface area contributed by atoms with Gasteiger partial charge in [-0.05, 0) is 34.6 Å². The van der Waals surface area contributed by atoms with Gasteiger partial charge in [0.05, 0.1) is 12.6 Å². The Kier molecular flexibility index (Phi) is 3.82. The average molecular weight is 278 g/mol. The maximum absolute atomic E-state index is 11.8. The van der Waals surface area contributed by atoms with E-state index in [4.69, 9.17) is 0 Å². The number of nitrogens with zero attached hydrogens (tertiary/aromatic N) is 1. The molecule has 106 valence electrons. The van der Waals surface area contributed by atoms with Crippen LogP contribution in [0.3, 0.4) is 0 Å². The fourth-order valence-electron chi connectivity index (χ4n) is 1.62. The fraction of sp³-hybridized carbons (Fsp3) is 0.909. The topological polar surface area (TPSA) is 86.7 Å². The van der Waals surface area contributed by atoms with Crippen molar-refractivity contribution in [2.75, 3.05) is 13.1 Å². The van der Waals surface area contributed by atoms with Crippen molar-refractivity contribution in [1.82, 2.24) is 9.62 Å². The van der Waals surface area contributed by atoms with Crippen molar-refractivity contribution in [2.45, 2.75) is 51.0 Å². The van der Waals surface area contributed by atoms with Crippen molar-refractivity contribution in [2.24, 2.45) is 0 Å². The first-order chi connectivity index (χ1) is 7.89. The molecule has 0 saturated carbocycles. The number of aliphatic hydroxyl groups is 1. The lowest BCUT2D eigenvalue weighted by Crippen LogP contribution is -2.68. The van der Waals surface area contributed by atoms with Crippen LogP contribution in [0.25, 0.3) is 0 Å². The minimum absolute atomic E-state index is 0.169. The van der Waals surface area contributed by atoms with Crippen LogP contribution < -0.4 is 5.32 Å². The molecule has 1 aliphatic rings. The van der Waals surface area contributed by atoms with Gasteiger partial charge in [0.15, 0.2) is 4.75 Å². The van der Waals surface area contributed by atoms with E-state index < -0.39 is 26.8 Å². The van der Waals surface area contributed by atoms with Crippen LogP contribution in [0.1, 0.15) is 34.6 Å². The van der Waals surface area contributed by atoms with Gasteiger partial charge in [-0.2, -0.15) is 0 Å². The molecule has 0 aliphatic carbocycles. The summed E-state index contributed by atoms with van der Waals surface area (Å²) >= 11 is 0. The molecule has 1 amide bonds. The first-order valence-corrected chi connectivity index (χ1v) is 7.33. The summed E-state index contributed by atoms with van der Waals surface area (Å²) in [6, 6.07) is 0. The second-order valence-corrected chi connectivity index (χ2v) is 8.55. The molecule has 6 nitrogen and oxygen atoms in total. The van der Waals surface area contributed by atoms with Crippen LogP contribution in [0.4, 0.5) is 0 Å². The lowest BCUT2D eigenvalue weighted by Gasteiger charge is -2.43. The van der Waals surface area contributed by atoms with E-state index in [1.54, 1.807) is 0 Å². The molecule has 1 rings (SSSR count). The summed E-state index contributed by atoms with van der Waals surface area (Å²) in [4.78, 5) is 11.7. The summed E-state index contributed by atoms with van der Waals surface area (Å²) in [5.41, 5.74) is -0.169. The standard InChI is InChI=1S/C11H22N2O4S/c1-10(2,3)12-6-8(14)7-13-9(15)11(4,5)18(13,16)17/h8,12,14H,6-7H2,1-5H3. The zero-order valence-electron chi connectivity index (χ0n) is 11.5. The Balaban J connectivity index is 2.58. The highest BCUT2D eigenvalue weighted by Crippen LogP contribution is 2.34. The molecule has 7 heteroatoms. The normalized spacial score (nSPS) is 23.7. The molecule has 1 fully saturated rings. The number of carbonyl (C=O) groups excluding carboxylic acids is 1. The summed E-state index contributed by atoms with van der Waals surface area (Å²) in [5, 5.41) is 12.8. The van der Waals surface area contributed by atoms with Crippen LogP contribution in [-0.4, -0.2) is 53.2 Å². The molecule has 0 bridgehead atoms. The van der Waals surface area contributed by atoms with Gasteiger partial charge in [-0.1, -0.05) is 0 Å². The smallest absolute Gasteiger partial charge is 0.258 e. The van der Waals surface area contributed by atoms with Crippen LogP contribution in [0.2, 0.25) is 0 Å². The Morgan fingerprint density at radius 1 is 1.39 bits per heavy atom. The maximum atomic E-state index is 11.8. The summed E-state index contributed by atoms with van der Waals surface area (Å²) in [5.74, 6) is -0.461. The van der Waals surface area contributed by atoms with Crippen molar-refractivity contribution in [3.8, 4) is 0 Å². The van der Waals surface area contributed by atoms with Gasteiger partial charge in [0.2, 0.25) is 0 Å². The Bertz CT molecular complexity index is 436. The Labute approximate surface area is 108 Å². The molecule has 0 aromatic rings. The molecule has 0 aromatic carbocycles. The number of sulfonamides is 1. The first-order valence-electron chi connectivity index (χ1n) is 5.89. The molecule has 0 spiro atoms. The average Bonchev–Trinajstić information content (AvgIpc) is 2.20. The third-order valence-electron chi connectivity index (χ3n) is 2.92. The van der Waals surface area contributed by atoms with E-state index in [1.807, 2.05) is 20.8 Å². The van der Waals surface area contributed by atoms with E-state index in [0.29, 0.717) is 0 Å². The molecule has 18 heavy (non-hydrogen) atoms. The van der Waals surface area contributed by atoms with Crippen molar-refractivity contribution in [3.05, 3.63) is 0 Å². The Morgan fingerprint density at radius 2 is 1.89 bits per heavy atom. The monoisotopic (exact) mass is 278 g/mol. The van der Waals surface area contributed by atoms with Crippen LogP contribution in [0.5, 0.6) is 0 Å². The van der Waals surface area contributed by atoms with E-state index in [1.165, 1.54) is 13.8 Å². The molecule has 1 atom stereocenters. The van der Waals surface area contributed by atoms with Crippen LogP contribution in [0.15, 0.2) is 0 Å². The van der Waals surface area contributed by atoms with Gasteiger partial charge in [-0.3, -0.25) is 4.79 Å². The maximum Gasteiger partial charge on any atom is 0.258 e. The molecule has 1 saturated heterocycles. The highest BCUT2D eigenvalue weighted by molar-refractivity contribution is 7.94. The van der Waals surface area contributed by atoms with Crippen molar-refractivity contribution >= 4 is 15.9 Å². The minimum atomic E-state index is -3.60. The first kappa shape index (κ1) is 15.4. The SMILES string of the molecule is CC(C)(C)NCC(O)CN1C(=O)C(C)(C)S1(=O)=O. The van der Waals surface area contributed by atoms with Gasteiger partial charge >= 0.3 is 0 Å². The number of rotatable bonds is 4. The van der Waals surface area contributed by atoms with Gasteiger partial charge in [0.1, 0.15) is 0 Å². The molecule has 0 radical (unpaired) electrons. The van der Waals surface area contributed by atoms with Gasteiger partial charge in [0.25, 0.3) is 15.9 Å². The minimum Gasteiger partial charge on any atom is -0.390 e. The predicted octanol–water partition coefficient (Wildman–Crippen LogP) is -0.314. The molecular formula is C11H22N2O4S. The second kappa shape index (κ2) is 4.47. The molecule has 1 unspecified atom stereocenters. The van der Waals surface area contributed by atoms with Gasteiger partial charge < -0.3 is 10.4 Å². The van der Waals surface area contributed by atoms with E-state index in [2.05, 4.69) is 5.32 Å². The number of β-amino-alcohol motifs (C(OH)–C–C–N with tert-alkyl or cyclic N) is 1. The highest BCUT2D eigenvalue weighted by atomic mass is 32.2. The van der Waals surface area contributed by atoms with Gasteiger partial charge in [-0.15, -0.1) is 0 Å². The third kappa shape index (κ3) is 2.67. The van der Waals surface area contributed by atoms with Crippen LogP contribution in [-0.2, 0) is 14.8 Å². The van der Waals surface area contributed by atoms with E-state index in [0.717, 1.165) is 4.31 Å². The summed E-state index contributed by atoms with van der Waals surface area (Å²) < 4.78 is 23.0. The Hall–Kier alpha value is -0.660. The Morgan fingerprint density at radius 3 is 2.28 bits per heavy atom. The quantitative estimate of drug-likeness (QED) is 0.736. The van der Waals surface area contributed by atoms with Crippen LogP contribution in [0, 0.1) is 0 Å². The van der Waals surface area contributed by atoms with E-state index in [-0.39, 0.29) is 18.6 Å². The largest absolute Gasteiger partial charge is 0.390 e. The van der Waals surface area contributed by atoms with Crippen molar-refractivity contribution < 1.29 is 18.3 Å². The van der Waals surface area contributed by atoms with Crippen LogP contribution >= 0.6 is 0 Å². The lowest BCUT2D eigenvalue weighted by atomic mass is 10.1. The summed E-state index contributed by atoms with van der Waals surface area (Å²) in [6.07, 6.45) is -0.904. The van der Waals surface area contributed by atoms with E-state index >= 15 is 0 Å². The third-order valence-corrected chi connectivity index (χ3v) is 5.28. The van der Waals surface area contributed by atoms with E-state index in [9.17, 15) is 18.3 Å². The van der Waals surface area contributed by atoms with Gasteiger partial charge in [0, 0.05) is 12.1 Å². The van der Waals surface area contributed by atoms with Crippen molar-refractivity contribution in [1.29, 1.82) is 0 Å². The number of nitrogens with one attached hydrogen (secondary N) is 1. The second-order valence-electron chi connectivity index (χ2n) is 6.14. The fourth-order valence-corrected chi connectivity index (χ4v) is 3.18. The lowest BCUT2D eigenvalue weighted by molar-refractivity contribution is -0.133. The molecule has 2 N–H and O–H groups in total. The predicted molar refractivity (Wildman–Crippen MR) is 68.5 cm³/mol. The van der Waals surface area contributed by atoms with Gasteiger partial charge in [-0.25, -0.2) is 12.7 Å². The van der Waals surface area contributed by atoms with Crippen molar-refractivity contribution in [3.63, 3.8) is 0 Å². The number of hydrogen-bond donors (Lipinski definition) is 2. The highest BCUT2D eigenvalue weighted by Gasteiger charge is 2.60. The zero-order chi connectivity index (χ0) is 14.4.